The van der Waals surface area contributed by atoms with Gasteiger partial charge in [-0.05, 0) is 49.3 Å². The lowest BCUT2D eigenvalue weighted by atomic mass is 9.91. The average molecular weight is 319 g/mol. The summed E-state index contributed by atoms with van der Waals surface area (Å²) in [7, 11) is 0. The Kier molecular flexibility index (Phi) is 4.69. The molecule has 0 aliphatic carbocycles. The molecular weight excluding hydrogens is 300 g/mol. The molecule has 4 nitrogen and oxygen atoms in total. The molecule has 3 rings (SSSR count). The monoisotopic (exact) mass is 319 g/mol. The zero-order chi connectivity index (χ0) is 16.2. The lowest BCUT2D eigenvalue weighted by Crippen LogP contribution is -2.39. The number of nitrogens with one attached hydrogen (secondary N) is 1. The highest BCUT2D eigenvalue weighted by atomic mass is 19.2. The minimum Gasteiger partial charge on any atom is -0.338 e. The number of aromatic amines is 1. The van der Waals surface area contributed by atoms with E-state index in [1.807, 2.05) is 4.90 Å². The Morgan fingerprint density at radius 1 is 1.35 bits per heavy atom. The van der Waals surface area contributed by atoms with Crippen LogP contribution in [-0.4, -0.2) is 34.1 Å². The predicted octanol–water partition coefficient (Wildman–Crippen LogP) is 3.17. The zero-order valence-corrected chi connectivity index (χ0v) is 12.8. The third-order valence-electron chi connectivity index (χ3n) is 4.38. The predicted molar refractivity (Wildman–Crippen MR) is 81.9 cm³/mol. The molecule has 1 atom stereocenters. The number of amides is 1. The first-order valence-electron chi connectivity index (χ1n) is 7.85. The van der Waals surface area contributed by atoms with Crippen molar-refractivity contribution >= 4 is 5.91 Å². The Morgan fingerprint density at radius 3 is 2.96 bits per heavy atom. The van der Waals surface area contributed by atoms with Gasteiger partial charge in [-0.1, -0.05) is 6.07 Å². The molecule has 0 radical (unpaired) electrons. The maximum Gasteiger partial charge on any atom is 0.257 e. The molecule has 1 aliphatic rings. The summed E-state index contributed by atoms with van der Waals surface area (Å²) >= 11 is 0. The molecule has 0 unspecified atom stereocenters. The Balaban J connectivity index is 1.56. The number of carbonyl (C=O) groups is 1. The van der Waals surface area contributed by atoms with E-state index in [-0.39, 0.29) is 5.91 Å². The number of rotatable bonds is 4. The third kappa shape index (κ3) is 3.75. The second kappa shape index (κ2) is 6.89. The van der Waals surface area contributed by atoms with Gasteiger partial charge in [-0.15, -0.1) is 0 Å². The summed E-state index contributed by atoms with van der Waals surface area (Å²) in [6.45, 7) is 1.46. The maximum absolute atomic E-state index is 13.2. The van der Waals surface area contributed by atoms with Crippen LogP contribution in [0, 0.1) is 17.6 Å². The molecular formula is C17H19F2N3O. The van der Waals surface area contributed by atoms with Crippen molar-refractivity contribution in [1.82, 2.24) is 15.1 Å². The van der Waals surface area contributed by atoms with Crippen LogP contribution in [-0.2, 0) is 6.42 Å². The van der Waals surface area contributed by atoms with Crippen molar-refractivity contribution in [2.75, 3.05) is 13.1 Å². The third-order valence-corrected chi connectivity index (χ3v) is 4.38. The van der Waals surface area contributed by atoms with Crippen LogP contribution >= 0.6 is 0 Å². The molecule has 2 heterocycles. The van der Waals surface area contributed by atoms with Crippen molar-refractivity contribution in [1.29, 1.82) is 0 Å². The molecule has 1 aromatic heterocycles. The molecule has 1 aromatic carbocycles. The average Bonchev–Trinajstić information content (AvgIpc) is 3.10. The number of H-pyrrole nitrogens is 1. The van der Waals surface area contributed by atoms with Gasteiger partial charge in [0, 0.05) is 19.3 Å². The van der Waals surface area contributed by atoms with Crippen LogP contribution in [0.2, 0.25) is 0 Å². The van der Waals surface area contributed by atoms with Gasteiger partial charge in [0.2, 0.25) is 0 Å². The summed E-state index contributed by atoms with van der Waals surface area (Å²) in [4.78, 5) is 14.2. The van der Waals surface area contributed by atoms with Crippen molar-refractivity contribution in [3.05, 3.63) is 53.4 Å². The fraction of sp³-hybridized carbons (Fsp3) is 0.412. The van der Waals surface area contributed by atoms with Gasteiger partial charge >= 0.3 is 0 Å². The van der Waals surface area contributed by atoms with E-state index in [0.717, 1.165) is 31.4 Å². The van der Waals surface area contributed by atoms with E-state index in [2.05, 4.69) is 10.2 Å². The Labute approximate surface area is 133 Å². The largest absolute Gasteiger partial charge is 0.338 e. The quantitative estimate of drug-likeness (QED) is 0.941. The molecule has 23 heavy (non-hydrogen) atoms. The summed E-state index contributed by atoms with van der Waals surface area (Å²) < 4.78 is 26.2. The smallest absolute Gasteiger partial charge is 0.257 e. The van der Waals surface area contributed by atoms with Crippen LogP contribution in [0.4, 0.5) is 8.78 Å². The molecule has 0 bridgehead atoms. The van der Waals surface area contributed by atoms with Crippen molar-refractivity contribution in [3.63, 3.8) is 0 Å². The molecule has 1 N–H and O–H groups in total. The standard InChI is InChI=1S/C17H19F2N3O/c18-15-6-5-12(8-16(15)19)3-4-13-2-1-7-22(11-13)17(23)14-9-20-21-10-14/h5-6,8-10,13H,1-4,7,11H2,(H,20,21)/t13-/m0/s1. The first kappa shape index (κ1) is 15.6. The van der Waals surface area contributed by atoms with Crippen molar-refractivity contribution in [3.8, 4) is 0 Å². The molecule has 0 saturated carbocycles. The Bertz CT molecular complexity index is 672. The highest BCUT2D eigenvalue weighted by Crippen LogP contribution is 2.23. The Morgan fingerprint density at radius 2 is 2.22 bits per heavy atom. The number of hydrogen-bond acceptors (Lipinski definition) is 2. The van der Waals surface area contributed by atoms with Gasteiger partial charge in [0.1, 0.15) is 0 Å². The molecule has 1 amide bonds. The first-order valence-corrected chi connectivity index (χ1v) is 7.85. The van der Waals surface area contributed by atoms with E-state index in [1.54, 1.807) is 12.3 Å². The van der Waals surface area contributed by atoms with E-state index >= 15 is 0 Å². The highest BCUT2D eigenvalue weighted by molar-refractivity contribution is 5.93. The van der Waals surface area contributed by atoms with Gasteiger partial charge in [0.05, 0.1) is 11.8 Å². The van der Waals surface area contributed by atoms with Crippen LogP contribution in [0.25, 0.3) is 0 Å². The van der Waals surface area contributed by atoms with Gasteiger partial charge in [-0.2, -0.15) is 5.10 Å². The number of hydrogen-bond donors (Lipinski definition) is 1. The summed E-state index contributed by atoms with van der Waals surface area (Å²) in [5.74, 6) is -1.24. The van der Waals surface area contributed by atoms with Crippen LogP contribution in [0.5, 0.6) is 0 Å². The molecule has 0 spiro atoms. The topological polar surface area (TPSA) is 49.0 Å². The van der Waals surface area contributed by atoms with E-state index < -0.39 is 11.6 Å². The summed E-state index contributed by atoms with van der Waals surface area (Å²) in [6.07, 6.45) is 6.71. The van der Waals surface area contributed by atoms with Crippen molar-refractivity contribution in [2.24, 2.45) is 5.92 Å². The summed E-state index contributed by atoms with van der Waals surface area (Å²) in [5, 5.41) is 6.46. The fourth-order valence-electron chi connectivity index (χ4n) is 3.10. The van der Waals surface area contributed by atoms with Crippen LogP contribution in [0.1, 0.15) is 35.2 Å². The van der Waals surface area contributed by atoms with Crippen LogP contribution in [0.3, 0.4) is 0 Å². The van der Waals surface area contributed by atoms with E-state index in [4.69, 9.17) is 0 Å². The van der Waals surface area contributed by atoms with Gasteiger partial charge < -0.3 is 4.90 Å². The molecule has 1 aliphatic heterocycles. The number of aryl methyl sites for hydroxylation is 1. The molecule has 6 heteroatoms. The SMILES string of the molecule is O=C(c1cn[nH]c1)N1CCC[C@@H](CCc2ccc(F)c(F)c2)C1. The Hall–Kier alpha value is -2.24. The highest BCUT2D eigenvalue weighted by Gasteiger charge is 2.24. The number of halogens is 2. The fourth-order valence-corrected chi connectivity index (χ4v) is 3.10. The van der Waals surface area contributed by atoms with Gasteiger partial charge in [-0.3, -0.25) is 9.89 Å². The number of likely N-dealkylation sites (tertiary alicyclic amines) is 1. The minimum atomic E-state index is -0.816. The zero-order valence-electron chi connectivity index (χ0n) is 12.8. The van der Waals surface area contributed by atoms with Gasteiger partial charge in [-0.25, -0.2) is 8.78 Å². The number of nitrogens with zero attached hydrogens (tertiary/aromatic N) is 2. The summed E-state index contributed by atoms with van der Waals surface area (Å²) in [6, 6.07) is 4.04. The van der Waals surface area contributed by atoms with E-state index in [0.29, 0.717) is 24.4 Å². The molecule has 1 fully saturated rings. The lowest BCUT2D eigenvalue weighted by Gasteiger charge is -2.32. The number of piperidine rings is 1. The number of aromatic nitrogens is 2. The molecule has 1 saturated heterocycles. The van der Waals surface area contributed by atoms with Gasteiger partial charge in [0.15, 0.2) is 11.6 Å². The van der Waals surface area contributed by atoms with Crippen molar-refractivity contribution < 1.29 is 13.6 Å². The second-order valence-electron chi connectivity index (χ2n) is 6.03. The normalized spacial score (nSPS) is 18.2. The van der Waals surface area contributed by atoms with E-state index in [1.165, 1.54) is 18.3 Å². The second-order valence-corrected chi connectivity index (χ2v) is 6.03. The summed E-state index contributed by atoms with van der Waals surface area (Å²) in [5.41, 5.74) is 1.37. The first-order chi connectivity index (χ1) is 11.1. The van der Waals surface area contributed by atoms with Crippen molar-refractivity contribution in [2.45, 2.75) is 25.7 Å². The van der Waals surface area contributed by atoms with Crippen LogP contribution < -0.4 is 0 Å². The van der Waals surface area contributed by atoms with Gasteiger partial charge in [0.25, 0.3) is 5.91 Å². The molecule has 122 valence electrons. The lowest BCUT2D eigenvalue weighted by molar-refractivity contribution is 0.0668. The van der Waals surface area contributed by atoms with E-state index in [9.17, 15) is 13.6 Å². The maximum atomic E-state index is 13.2. The number of benzene rings is 1. The number of carbonyl (C=O) groups excluding carboxylic acids is 1. The molecule has 2 aromatic rings. The minimum absolute atomic E-state index is 0.00345. The van der Waals surface area contributed by atoms with Crippen LogP contribution in [0.15, 0.2) is 30.6 Å².